The number of carboxylic acids is 1. The number of Topliss-reactive ketones (excluding diaryl/α,β-unsaturated/α-hetero) is 1. The Bertz CT molecular complexity index is 1850. The van der Waals surface area contributed by atoms with Gasteiger partial charge < -0.3 is 15.2 Å². The summed E-state index contributed by atoms with van der Waals surface area (Å²) >= 11 is 6.09. The van der Waals surface area contributed by atoms with Gasteiger partial charge in [0.2, 0.25) is 0 Å². The monoisotopic (exact) mass is 801 g/mol. The summed E-state index contributed by atoms with van der Waals surface area (Å²) in [5.74, 6) is -0.874. The quantitative estimate of drug-likeness (QED) is 0.147. The standard InChI is InChI=1S/C44H64ClNO8S/c1-26(2)36-30(47)22-44(34(55(51,52)53)25-46-24-27-10-12-28(45)13-11-27)21-20-42(8)29(37(36)44)14-15-32-41(7)18-17-33(54-35(48)23-39(3,4)38(49)50)40(5,6)31(41)16-19-43(32,42)9/h10-13,26,29,31-34,46H,14-25H2,1-9H3,(H,49,50)(H,51,52,53)/t29-,31?,32-,33+,34+,41+,42-,43-,44+/m1/s1. The van der Waals surface area contributed by atoms with Gasteiger partial charge in [0.1, 0.15) is 11.4 Å². The first-order valence-corrected chi connectivity index (χ1v) is 22.4. The largest absolute Gasteiger partial charge is 0.481 e. The van der Waals surface area contributed by atoms with Gasteiger partial charge in [-0.3, -0.25) is 18.9 Å². The van der Waals surface area contributed by atoms with E-state index in [0.717, 1.165) is 55.2 Å². The fourth-order valence-electron chi connectivity index (χ4n) is 13.4. The summed E-state index contributed by atoms with van der Waals surface area (Å²) in [5, 5.41) is 12.4. The molecule has 1 aromatic rings. The molecule has 0 aliphatic heterocycles. The van der Waals surface area contributed by atoms with E-state index < -0.39 is 38.1 Å². The molecule has 0 heterocycles. The Morgan fingerprint density at radius 2 is 1.60 bits per heavy atom. The van der Waals surface area contributed by atoms with Crippen LogP contribution in [-0.2, 0) is 35.8 Å². The van der Waals surface area contributed by atoms with E-state index in [9.17, 15) is 32.5 Å². The third-order valence-corrected chi connectivity index (χ3v) is 18.0. The molecule has 5 aliphatic rings. The molecule has 0 spiro atoms. The highest BCUT2D eigenvalue weighted by molar-refractivity contribution is 7.86. The van der Waals surface area contributed by atoms with Crippen LogP contribution in [0.1, 0.15) is 132 Å². The fraction of sp³-hybridized carbons (Fsp3) is 0.750. The van der Waals surface area contributed by atoms with Gasteiger partial charge in [-0.15, -0.1) is 0 Å². The molecule has 306 valence electrons. The second-order valence-corrected chi connectivity index (χ2v) is 22.4. The van der Waals surface area contributed by atoms with Gasteiger partial charge in [-0.05, 0) is 128 Å². The van der Waals surface area contributed by atoms with Crippen LogP contribution in [0.25, 0.3) is 0 Å². The third-order valence-electron chi connectivity index (χ3n) is 16.4. The average Bonchev–Trinajstić information content (AvgIpc) is 3.37. The number of hydrogen-bond acceptors (Lipinski definition) is 7. The molecule has 5 aliphatic carbocycles. The van der Waals surface area contributed by atoms with Crippen LogP contribution < -0.4 is 5.32 Å². The zero-order chi connectivity index (χ0) is 40.7. The van der Waals surface area contributed by atoms with Gasteiger partial charge in [-0.25, -0.2) is 0 Å². The van der Waals surface area contributed by atoms with Gasteiger partial charge >= 0.3 is 11.9 Å². The van der Waals surface area contributed by atoms with Gasteiger partial charge in [-0.2, -0.15) is 8.42 Å². The molecule has 9 nitrogen and oxygen atoms in total. The van der Waals surface area contributed by atoms with Crippen LogP contribution >= 0.6 is 11.6 Å². The summed E-state index contributed by atoms with van der Waals surface area (Å²) in [5.41, 5.74) is -0.111. The van der Waals surface area contributed by atoms with Crippen molar-refractivity contribution in [3.63, 3.8) is 0 Å². The SMILES string of the molecule is CC(C)C1=C2[C@H]3CC[C@@H]4[C@@]5(C)CC[C@H](OC(=O)CC(C)(C)C(=O)O)C(C)(C)C5CC[C@@]4(C)[C@]3(C)CC[C@@]2([C@H](CNCc2ccc(Cl)cc2)S(=O)(=O)O)CC1=O. The summed E-state index contributed by atoms with van der Waals surface area (Å²) < 4.78 is 44.2. The number of carbonyl (C=O) groups is 3. The minimum Gasteiger partial charge on any atom is -0.481 e. The van der Waals surface area contributed by atoms with Crippen molar-refractivity contribution in [3.8, 4) is 0 Å². The van der Waals surface area contributed by atoms with Gasteiger partial charge in [0, 0.05) is 35.4 Å². The molecule has 0 saturated heterocycles. The maximum Gasteiger partial charge on any atom is 0.309 e. The van der Waals surface area contributed by atoms with E-state index in [1.54, 1.807) is 26.0 Å². The summed E-state index contributed by atoms with van der Waals surface area (Å²) in [6, 6.07) is 7.37. The Balaban J connectivity index is 1.31. The number of halogens is 1. The number of carbonyl (C=O) groups excluding carboxylic acids is 2. The molecular formula is C44H64ClNO8S. The fourth-order valence-corrected chi connectivity index (χ4v) is 14.8. The van der Waals surface area contributed by atoms with E-state index in [1.165, 1.54) is 0 Å². The Morgan fingerprint density at radius 1 is 0.945 bits per heavy atom. The number of allylic oxidation sites excluding steroid dienone is 2. The number of ketones is 1. The predicted molar refractivity (Wildman–Crippen MR) is 214 cm³/mol. The summed E-state index contributed by atoms with van der Waals surface area (Å²) in [6.07, 6.45) is 6.24. The second kappa shape index (κ2) is 14.2. The van der Waals surface area contributed by atoms with Gasteiger partial charge in [-0.1, -0.05) is 77.8 Å². The Hall–Kier alpha value is -2.27. The molecule has 11 heteroatoms. The number of fused-ring (bicyclic) bond motifs is 7. The van der Waals surface area contributed by atoms with E-state index in [1.807, 2.05) is 26.0 Å². The summed E-state index contributed by atoms with van der Waals surface area (Å²) in [4.78, 5) is 39.1. The number of rotatable bonds is 11. The molecule has 3 N–H and O–H groups in total. The minimum absolute atomic E-state index is 0.00917. The van der Waals surface area contributed by atoms with Crippen LogP contribution in [0, 0.1) is 56.2 Å². The highest BCUT2D eigenvalue weighted by Gasteiger charge is 2.71. The van der Waals surface area contributed by atoms with Crippen molar-refractivity contribution < 1.29 is 37.2 Å². The zero-order valence-electron chi connectivity index (χ0n) is 34.4. The molecule has 0 amide bonds. The molecule has 1 unspecified atom stereocenters. The van der Waals surface area contributed by atoms with Crippen molar-refractivity contribution in [2.24, 2.45) is 56.2 Å². The first-order valence-electron chi connectivity index (χ1n) is 20.5. The van der Waals surface area contributed by atoms with Crippen LogP contribution in [0.2, 0.25) is 5.02 Å². The average molecular weight is 803 g/mol. The summed E-state index contributed by atoms with van der Waals surface area (Å²) in [6.45, 7) is 19.4. The lowest BCUT2D eigenvalue weighted by atomic mass is 9.33. The molecule has 0 aromatic heterocycles. The number of aliphatic carboxylic acids is 1. The highest BCUT2D eigenvalue weighted by Crippen LogP contribution is 2.77. The van der Waals surface area contributed by atoms with E-state index >= 15 is 0 Å². The zero-order valence-corrected chi connectivity index (χ0v) is 36.0. The molecular weight excluding hydrogens is 738 g/mol. The molecule has 4 fully saturated rings. The van der Waals surface area contributed by atoms with Crippen molar-refractivity contribution in [2.45, 2.75) is 144 Å². The number of esters is 1. The van der Waals surface area contributed by atoms with Crippen molar-refractivity contribution in [3.05, 3.63) is 46.0 Å². The first-order chi connectivity index (χ1) is 25.3. The Kier molecular flexibility index (Phi) is 11.0. The molecule has 1 aromatic carbocycles. The van der Waals surface area contributed by atoms with E-state index in [-0.39, 0.29) is 70.7 Å². The van der Waals surface area contributed by atoms with Crippen LogP contribution in [0.5, 0.6) is 0 Å². The maximum absolute atomic E-state index is 14.2. The lowest BCUT2D eigenvalue weighted by Crippen LogP contribution is -2.66. The lowest BCUT2D eigenvalue weighted by Gasteiger charge is -2.72. The molecule has 0 radical (unpaired) electrons. The summed E-state index contributed by atoms with van der Waals surface area (Å²) in [7, 11) is -4.56. The number of ether oxygens (including phenoxy) is 1. The van der Waals surface area contributed by atoms with Crippen LogP contribution in [0.3, 0.4) is 0 Å². The normalized spacial score (nSPS) is 36.4. The number of benzene rings is 1. The maximum atomic E-state index is 14.2. The predicted octanol–water partition coefficient (Wildman–Crippen LogP) is 9.08. The molecule has 9 atom stereocenters. The molecule has 4 saturated carbocycles. The Labute approximate surface area is 333 Å². The molecule has 0 bridgehead atoms. The third kappa shape index (κ3) is 6.84. The number of carboxylic acid groups (broad SMARTS) is 1. The second-order valence-electron chi connectivity index (χ2n) is 20.3. The van der Waals surface area contributed by atoms with Crippen LogP contribution in [0.4, 0.5) is 0 Å². The van der Waals surface area contributed by atoms with Crippen molar-refractivity contribution in [1.29, 1.82) is 0 Å². The van der Waals surface area contributed by atoms with Gasteiger partial charge in [0.25, 0.3) is 10.1 Å². The lowest BCUT2D eigenvalue weighted by molar-refractivity contribution is -0.233. The molecule has 6 rings (SSSR count). The van der Waals surface area contributed by atoms with Crippen molar-refractivity contribution >= 4 is 39.4 Å². The van der Waals surface area contributed by atoms with Crippen LogP contribution in [0.15, 0.2) is 35.4 Å². The van der Waals surface area contributed by atoms with Crippen LogP contribution in [-0.4, -0.2) is 53.7 Å². The van der Waals surface area contributed by atoms with E-state index in [2.05, 4.69) is 39.9 Å². The first kappa shape index (κ1) is 42.3. The van der Waals surface area contributed by atoms with E-state index in [0.29, 0.717) is 30.3 Å². The topological polar surface area (TPSA) is 147 Å². The van der Waals surface area contributed by atoms with Gasteiger partial charge in [0.05, 0.1) is 11.8 Å². The number of hydrogen-bond donors (Lipinski definition) is 3. The molecule has 55 heavy (non-hydrogen) atoms. The Morgan fingerprint density at radius 3 is 2.20 bits per heavy atom. The highest BCUT2D eigenvalue weighted by atomic mass is 35.5. The van der Waals surface area contributed by atoms with Gasteiger partial charge in [0.15, 0.2) is 5.78 Å². The smallest absolute Gasteiger partial charge is 0.309 e. The van der Waals surface area contributed by atoms with E-state index in [4.69, 9.17) is 16.3 Å². The minimum atomic E-state index is -4.56. The number of nitrogens with one attached hydrogen (secondary N) is 1. The van der Waals surface area contributed by atoms with Crippen molar-refractivity contribution in [1.82, 2.24) is 5.32 Å². The van der Waals surface area contributed by atoms with Crippen molar-refractivity contribution in [2.75, 3.05) is 6.54 Å².